The molecule has 0 radical (unpaired) electrons. The van der Waals surface area contributed by atoms with Crippen LogP contribution in [0.1, 0.15) is 11.1 Å². The molecule has 0 amide bonds. The standard InChI is InChI=1S/C17H18N4O2S/c1-12-4-9-16(10-13(12)2)24(22,23)20-15-7-5-14(6-8-15)17-19-18-11-21(17)3/h4-11,20H,1-3H3. The van der Waals surface area contributed by atoms with E-state index in [9.17, 15) is 8.42 Å². The second kappa shape index (κ2) is 6.09. The molecule has 124 valence electrons. The SMILES string of the molecule is Cc1ccc(S(=O)(=O)Nc2ccc(-c3nncn3C)cc2)cc1C. The van der Waals surface area contributed by atoms with Crippen molar-refractivity contribution in [3.63, 3.8) is 0 Å². The van der Waals surface area contributed by atoms with Gasteiger partial charge in [0.05, 0.1) is 4.90 Å². The van der Waals surface area contributed by atoms with Gasteiger partial charge in [-0.1, -0.05) is 6.07 Å². The van der Waals surface area contributed by atoms with Crippen molar-refractivity contribution in [1.29, 1.82) is 0 Å². The molecule has 0 saturated carbocycles. The van der Waals surface area contributed by atoms with Crippen molar-refractivity contribution < 1.29 is 8.42 Å². The second-order valence-corrected chi connectivity index (χ2v) is 7.38. The molecule has 0 atom stereocenters. The molecule has 1 heterocycles. The van der Waals surface area contributed by atoms with Gasteiger partial charge in [0.15, 0.2) is 5.82 Å². The number of nitrogens with one attached hydrogen (secondary N) is 1. The summed E-state index contributed by atoms with van der Waals surface area (Å²) >= 11 is 0. The zero-order chi connectivity index (χ0) is 17.3. The van der Waals surface area contributed by atoms with Gasteiger partial charge in [0.1, 0.15) is 6.33 Å². The van der Waals surface area contributed by atoms with Crippen molar-refractivity contribution in [2.45, 2.75) is 18.7 Å². The zero-order valence-electron chi connectivity index (χ0n) is 13.7. The van der Waals surface area contributed by atoms with Crippen molar-refractivity contribution in [2.24, 2.45) is 7.05 Å². The first-order valence-electron chi connectivity index (χ1n) is 7.41. The number of benzene rings is 2. The molecule has 1 aromatic heterocycles. The van der Waals surface area contributed by atoms with E-state index in [1.165, 1.54) is 0 Å². The number of sulfonamides is 1. The maximum Gasteiger partial charge on any atom is 0.261 e. The predicted molar refractivity (Wildman–Crippen MR) is 93.2 cm³/mol. The van der Waals surface area contributed by atoms with Crippen LogP contribution in [0, 0.1) is 13.8 Å². The van der Waals surface area contributed by atoms with Crippen LogP contribution in [0.4, 0.5) is 5.69 Å². The van der Waals surface area contributed by atoms with Crippen molar-refractivity contribution in [3.05, 3.63) is 59.9 Å². The van der Waals surface area contributed by atoms with E-state index in [4.69, 9.17) is 0 Å². The molecule has 0 fully saturated rings. The fourth-order valence-electron chi connectivity index (χ4n) is 2.33. The van der Waals surface area contributed by atoms with Crippen LogP contribution in [-0.2, 0) is 17.1 Å². The Bertz CT molecular complexity index is 976. The van der Waals surface area contributed by atoms with E-state index < -0.39 is 10.0 Å². The lowest BCUT2D eigenvalue weighted by molar-refractivity contribution is 0.601. The molecule has 0 bridgehead atoms. The first-order chi connectivity index (χ1) is 11.4. The molecular weight excluding hydrogens is 324 g/mol. The Balaban J connectivity index is 1.85. The molecule has 0 aliphatic carbocycles. The fourth-order valence-corrected chi connectivity index (χ4v) is 3.47. The molecule has 3 rings (SSSR count). The summed E-state index contributed by atoms with van der Waals surface area (Å²) < 4.78 is 29.4. The fraction of sp³-hybridized carbons (Fsp3) is 0.176. The summed E-state index contributed by atoms with van der Waals surface area (Å²) in [5.74, 6) is 0.721. The largest absolute Gasteiger partial charge is 0.317 e. The Hall–Kier alpha value is -2.67. The monoisotopic (exact) mass is 342 g/mol. The zero-order valence-corrected chi connectivity index (χ0v) is 14.5. The Kier molecular flexibility index (Phi) is 4.11. The minimum Gasteiger partial charge on any atom is -0.317 e. The molecular formula is C17H18N4O2S. The molecule has 0 saturated heterocycles. The lowest BCUT2D eigenvalue weighted by Gasteiger charge is -2.10. The maximum atomic E-state index is 12.5. The van der Waals surface area contributed by atoms with Gasteiger partial charge in [0, 0.05) is 18.3 Å². The summed E-state index contributed by atoms with van der Waals surface area (Å²) in [6.07, 6.45) is 1.62. The molecule has 0 spiro atoms. The van der Waals surface area contributed by atoms with E-state index in [2.05, 4.69) is 14.9 Å². The highest BCUT2D eigenvalue weighted by Gasteiger charge is 2.15. The van der Waals surface area contributed by atoms with Gasteiger partial charge in [-0.15, -0.1) is 10.2 Å². The average Bonchev–Trinajstić information content (AvgIpc) is 2.96. The third-order valence-corrected chi connectivity index (χ3v) is 5.27. The van der Waals surface area contributed by atoms with E-state index in [0.29, 0.717) is 5.69 Å². The van der Waals surface area contributed by atoms with Gasteiger partial charge in [-0.2, -0.15) is 0 Å². The Morgan fingerprint density at radius 1 is 1.00 bits per heavy atom. The number of rotatable bonds is 4. The lowest BCUT2D eigenvalue weighted by atomic mass is 10.1. The number of nitrogens with zero attached hydrogens (tertiary/aromatic N) is 3. The van der Waals surface area contributed by atoms with Crippen LogP contribution in [0.3, 0.4) is 0 Å². The summed E-state index contributed by atoms with van der Waals surface area (Å²) in [7, 11) is -1.76. The Labute approximate surface area is 141 Å². The molecule has 0 aliphatic heterocycles. The molecule has 3 aromatic rings. The predicted octanol–water partition coefficient (Wildman–Crippen LogP) is 2.90. The van der Waals surface area contributed by atoms with Crippen LogP contribution < -0.4 is 4.72 Å². The summed E-state index contributed by atoms with van der Waals surface area (Å²) in [5.41, 5.74) is 3.36. The topological polar surface area (TPSA) is 76.9 Å². The molecule has 7 heteroatoms. The van der Waals surface area contributed by atoms with E-state index in [1.807, 2.05) is 33.0 Å². The highest BCUT2D eigenvalue weighted by Crippen LogP contribution is 2.22. The van der Waals surface area contributed by atoms with Gasteiger partial charge in [0.2, 0.25) is 0 Å². The van der Waals surface area contributed by atoms with E-state index in [-0.39, 0.29) is 4.90 Å². The number of aromatic nitrogens is 3. The number of hydrogen-bond donors (Lipinski definition) is 1. The summed E-state index contributed by atoms with van der Waals surface area (Å²) in [6.45, 7) is 3.84. The van der Waals surface area contributed by atoms with Gasteiger partial charge in [-0.05, 0) is 61.4 Å². The number of aryl methyl sites for hydroxylation is 3. The molecule has 2 aromatic carbocycles. The van der Waals surface area contributed by atoms with Crippen LogP contribution in [0.5, 0.6) is 0 Å². The Morgan fingerprint density at radius 3 is 2.29 bits per heavy atom. The minimum absolute atomic E-state index is 0.253. The highest BCUT2D eigenvalue weighted by atomic mass is 32.2. The molecule has 6 nitrogen and oxygen atoms in total. The lowest BCUT2D eigenvalue weighted by Crippen LogP contribution is -2.13. The van der Waals surface area contributed by atoms with Gasteiger partial charge in [-0.3, -0.25) is 4.72 Å². The third kappa shape index (κ3) is 3.16. The van der Waals surface area contributed by atoms with Crippen LogP contribution >= 0.6 is 0 Å². The van der Waals surface area contributed by atoms with Crippen LogP contribution in [0.15, 0.2) is 53.7 Å². The smallest absolute Gasteiger partial charge is 0.261 e. The average molecular weight is 342 g/mol. The van der Waals surface area contributed by atoms with Gasteiger partial charge in [-0.25, -0.2) is 8.42 Å². The third-order valence-electron chi connectivity index (χ3n) is 3.90. The minimum atomic E-state index is -3.61. The van der Waals surface area contributed by atoms with E-state index >= 15 is 0 Å². The van der Waals surface area contributed by atoms with Gasteiger partial charge in [0.25, 0.3) is 10.0 Å². The molecule has 1 N–H and O–H groups in total. The summed E-state index contributed by atoms with van der Waals surface area (Å²) in [5, 5.41) is 7.87. The van der Waals surface area contributed by atoms with E-state index in [0.717, 1.165) is 22.5 Å². The van der Waals surface area contributed by atoms with Crippen LogP contribution in [-0.4, -0.2) is 23.2 Å². The maximum absolute atomic E-state index is 12.5. The first kappa shape index (κ1) is 16.2. The van der Waals surface area contributed by atoms with Crippen molar-refractivity contribution >= 4 is 15.7 Å². The molecule has 0 aliphatic rings. The normalized spacial score (nSPS) is 11.5. The second-order valence-electron chi connectivity index (χ2n) is 5.69. The Morgan fingerprint density at radius 2 is 1.71 bits per heavy atom. The molecule has 24 heavy (non-hydrogen) atoms. The van der Waals surface area contributed by atoms with Crippen LogP contribution in [0.25, 0.3) is 11.4 Å². The number of anilines is 1. The van der Waals surface area contributed by atoms with Crippen LogP contribution in [0.2, 0.25) is 0 Å². The van der Waals surface area contributed by atoms with Crippen molar-refractivity contribution in [1.82, 2.24) is 14.8 Å². The summed E-state index contributed by atoms with van der Waals surface area (Å²) in [4.78, 5) is 0.253. The quantitative estimate of drug-likeness (QED) is 0.791. The van der Waals surface area contributed by atoms with Crippen molar-refractivity contribution in [2.75, 3.05) is 4.72 Å². The van der Waals surface area contributed by atoms with Gasteiger partial charge >= 0.3 is 0 Å². The first-order valence-corrected chi connectivity index (χ1v) is 8.89. The summed E-state index contributed by atoms with van der Waals surface area (Å²) in [6, 6.07) is 12.1. The van der Waals surface area contributed by atoms with E-state index in [1.54, 1.807) is 41.2 Å². The number of hydrogen-bond acceptors (Lipinski definition) is 4. The van der Waals surface area contributed by atoms with Crippen molar-refractivity contribution in [3.8, 4) is 11.4 Å². The highest BCUT2D eigenvalue weighted by molar-refractivity contribution is 7.92. The molecule has 0 unspecified atom stereocenters. The van der Waals surface area contributed by atoms with Gasteiger partial charge < -0.3 is 4.57 Å².